The van der Waals surface area contributed by atoms with Crippen molar-refractivity contribution in [3.8, 4) is 5.75 Å². The van der Waals surface area contributed by atoms with Gasteiger partial charge in [-0.05, 0) is 58.4 Å². The van der Waals surface area contributed by atoms with Gasteiger partial charge in [-0.2, -0.15) is 0 Å². The number of halogens is 2. The van der Waals surface area contributed by atoms with Gasteiger partial charge in [-0.25, -0.2) is 0 Å². The highest BCUT2D eigenvalue weighted by Gasteiger charge is 2.07. The van der Waals surface area contributed by atoms with Gasteiger partial charge < -0.3 is 15.0 Å². The smallest absolute Gasteiger partial charge is 0.262 e. The zero-order chi connectivity index (χ0) is 16.1. The molecule has 2 rings (SSSR count). The molecule has 0 aromatic heterocycles. The van der Waals surface area contributed by atoms with Crippen LogP contribution in [-0.2, 0) is 4.79 Å². The maximum absolute atomic E-state index is 11.9. The molecule has 0 unspecified atom stereocenters. The second-order valence-corrected chi connectivity index (χ2v) is 6.14. The lowest BCUT2D eigenvalue weighted by Crippen LogP contribution is -2.20. The fourth-order valence-electron chi connectivity index (χ4n) is 1.78. The number of hydrogen-bond acceptors (Lipinski definition) is 3. The fourth-order valence-corrected chi connectivity index (χ4v) is 2.57. The first-order valence-corrected chi connectivity index (χ1v) is 7.78. The summed E-state index contributed by atoms with van der Waals surface area (Å²) in [6, 6.07) is 12.7. The first-order chi connectivity index (χ1) is 10.5. The lowest BCUT2D eigenvalue weighted by atomic mass is 10.2. The fraction of sp³-hybridized carbons (Fsp3) is 0.188. The molecule has 0 atom stereocenters. The number of hydrogen-bond donors (Lipinski definition) is 1. The predicted octanol–water partition coefficient (Wildman–Crippen LogP) is 4.19. The van der Waals surface area contributed by atoms with Gasteiger partial charge in [0.15, 0.2) is 6.61 Å². The molecule has 0 saturated carbocycles. The van der Waals surface area contributed by atoms with E-state index in [2.05, 4.69) is 21.2 Å². The molecule has 0 heterocycles. The SMILES string of the molecule is CN(C)c1ccc(NC(=O)COc2ccc(Cl)cc2Br)cc1. The van der Waals surface area contributed by atoms with E-state index in [4.69, 9.17) is 16.3 Å². The van der Waals surface area contributed by atoms with Gasteiger partial charge in [-0.15, -0.1) is 0 Å². The predicted molar refractivity (Wildman–Crippen MR) is 94.0 cm³/mol. The normalized spacial score (nSPS) is 10.2. The molecule has 0 aliphatic rings. The van der Waals surface area contributed by atoms with Crippen LogP contribution in [0.15, 0.2) is 46.9 Å². The average Bonchev–Trinajstić information content (AvgIpc) is 2.47. The van der Waals surface area contributed by atoms with E-state index in [1.807, 2.05) is 43.3 Å². The Morgan fingerprint density at radius 3 is 2.50 bits per heavy atom. The zero-order valence-electron chi connectivity index (χ0n) is 12.3. The van der Waals surface area contributed by atoms with Gasteiger partial charge in [0.05, 0.1) is 4.47 Å². The molecule has 2 aromatic rings. The summed E-state index contributed by atoms with van der Waals surface area (Å²) in [6.07, 6.45) is 0. The Morgan fingerprint density at radius 1 is 1.23 bits per heavy atom. The van der Waals surface area contributed by atoms with Crippen LogP contribution in [0.25, 0.3) is 0 Å². The van der Waals surface area contributed by atoms with E-state index in [0.717, 1.165) is 11.4 Å². The quantitative estimate of drug-likeness (QED) is 0.842. The third-order valence-corrected chi connectivity index (χ3v) is 3.77. The number of rotatable bonds is 5. The molecule has 4 nitrogen and oxygen atoms in total. The van der Waals surface area contributed by atoms with E-state index in [0.29, 0.717) is 15.2 Å². The van der Waals surface area contributed by atoms with Gasteiger partial charge >= 0.3 is 0 Å². The summed E-state index contributed by atoms with van der Waals surface area (Å²) >= 11 is 9.19. The minimum Gasteiger partial charge on any atom is -0.483 e. The van der Waals surface area contributed by atoms with Crippen LogP contribution in [0.1, 0.15) is 0 Å². The molecule has 0 bridgehead atoms. The van der Waals surface area contributed by atoms with Crippen molar-refractivity contribution in [2.75, 3.05) is 30.9 Å². The topological polar surface area (TPSA) is 41.6 Å². The van der Waals surface area contributed by atoms with E-state index >= 15 is 0 Å². The summed E-state index contributed by atoms with van der Waals surface area (Å²) in [4.78, 5) is 13.9. The minimum atomic E-state index is -0.223. The molecule has 1 amide bonds. The Morgan fingerprint density at radius 2 is 1.91 bits per heavy atom. The van der Waals surface area contributed by atoms with Gasteiger partial charge in [0.2, 0.25) is 0 Å². The lowest BCUT2D eigenvalue weighted by Gasteiger charge is -2.13. The van der Waals surface area contributed by atoms with E-state index in [1.54, 1.807) is 18.2 Å². The molecular formula is C16H16BrClN2O2. The molecular weight excluding hydrogens is 368 g/mol. The molecule has 22 heavy (non-hydrogen) atoms. The van der Waals surface area contributed by atoms with Crippen molar-refractivity contribution >= 4 is 44.8 Å². The second kappa shape index (κ2) is 7.51. The van der Waals surface area contributed by atoms with E-state index in [-0.39, 0.29) is 12.5 Å². The van der Waals surface area contributed by atoms with Crippen LogP contribution in [0.5, 0.6) is 5.75 Å². The number of nitrogens with zero attached hydrogens (tertiary/aromatic N) is 1. The second-order valence-electron chi connectivity index (χ2n) is 4.85. The van der Waals surface area contributed by atoms with Crippen LogP contribution in [-0.4, -0.2) is 26.6 Å². The van der Waals surface area contributed by atoms with Crippen LogP contribution < -0.4 is 15.0 Å². The van der Waals surface area contributed by atoms with Crippen LogP contribution in [0.4, 0.5) is 11.4 Å². The summed E-state index contributed by atoms with van der Waals surface area (Å²) < 4.78 is 6.17. The van der Waals surface area contributed by atoms with E-state index < -0.39 is 0 Å². The van der Waals surface area contributed by atoms with Crippen LogP contribution in [0.3, 0.4) is 0 Å². The third kappa shape index (κ3) is 4.64. The van der Waals surface area contributed by atoms with Crippen LogP contribution in [0, 0.1) is 0 Å². The maximum atomic E-state index is 11.9. The molecule has 6 heteroatoms. The highest BCUT2D eigenvalue weighted by Crippen LogP contribution is 2.27. The molecule has 0 aliphatic heterocycles. The van der Waals surface area contributed by atoms with Crippen molar-refractivity contribution in [1.82, 2.24) is 0 Å². The Balaban J connectivity index is 1.90. The van der Waals surface area contributed by atoms with Crippen molar-refractivity contribution in [3.63, 3.8) is 0 Å². The van der Waals surface area contributed by atoms with Gasteiger partial charge in [0.25, 0.3) is 5.91 Å². The summed E-state index contributed by atoms with van der Waals surface area (Å²) in [5.74, 6) is 0.349. The van der Waals surface area contributed by atoms with Crippen molar-refractivity contribution in [1.29, 1.82) is 0 Å². The molecule has 0 saturated heterocycles. The number of nitrogens with one attached hydrogen (secondary N) is 1. The molecule has 116 valence electrons. The lowest BCUT2D eigenvalue weighted by molar-refractivity contribution is -0.118. The van der Waals surface area contributed by atoms with Crippen molar-refractivity contribution in [2.45, 2.75) is 0 Å². The highest BCUT2D eigenvalue weighted by atomic mass is 79.9. The zero-order valence-corrected chi connectivity index (χ0v) is 14.6. The van der Waals surface area contributed by atoms with Crippen molar-refractivity contribution in [2.24, 2.45) is 0 Å². The number of carbonyl (C=O) groups is 1. The summed E-state index contributed by atoms with van der Waals surface area (Å²) in [5.41, 5.74) is 1.80. The number of carbonyl (C=O) groups excluding carboxylic acids is 1. The highest BCUT2D eigenvalue weighted by molar-refractivity contribution is 9.10. The Kier molecular flexibility index (Phi) is 5.69. The van der Waals surface area contributed by atoms with Gasteiger partial charge in [0, 0.05) is 30.5 Å². The van der Waals surface area contributed by atoms with E-state index in [1.165, 1.54) is 0 Å². The van der Waals surface area contributed by atoms with Crippen molar-refractivity contribution < 1.29 is 9.53 Å². The molecule has 2 aromatic carbocycles. The minimum absolute atomic E-state index is 0.0737. The first kappa shape index (κ1) is 16.6. The van der Waals surface area contributed by atoms with Gasteiger partial charge in [-0.1, -0.05) is 11.6 Å². The van der Waals surface area contributed by atoms with Crippen LogP contribution >= 0.6 is 27.5 Å². The molecule has 0 fully saturated rings. The van der Waals surface area contributed by atoms with Gasteiger partial charge in [-0.3, -0.25) is 4.79 Å². The Hall–Kier alpha value is -1.72. The van der Waals surface area contributed by atoms with Gasteiger partial charge in [0.1, 0.15) is 5.75 Å². The average molecular weight is 384 g/mol. The number of anilines is 2. The molecule has 0 radical (unpaired) electrons. The summed E-state index contributed by atoms with van der Waals surface area (Å²) in [7, 11) is 3.93. The largest absolute Gasteiger partial charge is 0.483 e. The van der Waals surface area contributed by atoms with E-state index in [9.17, 15) is 4.79 Å². The number of ether oxygens (including phenoxy) is 1. The summed E-state index contributed by atoms with van der Waals surface area (Å²) in [5, 5.41) is 3.39. The Bertz CT molecular complexity index is 660. The third-order valence-electron chi connectivity index (χ3n) is 2.92. The Labute approximate surface area is 143 Å². The monoisotopic (exact) mass is 382 g/mol. The number of benzene rings is 2. The molecule has 1 N–H and O–H groups in total. The molecule has 0 spiro atoms. The molecule has 0 aliphatic carbocycles. The van der Waals surface area contributed by atoms with Crippen molar-refractivity contribution in [3.05, 3.63) is 52.0 Å². The number of amides is 1. The standard InChI is InChI=1S/C16H16BrClN2O2/c1-20(2)13-6-4-12(5-7-13)19-16(21)10-22-15-8-3-11(18)9-14(15)17/h3-9H,10H2,1-2H3,(H,19,21). The first-order valence-electron chi connectivity index (χ1n) is 6.61. The van der Waals surface area contributed by atoms with Crippen LogP contribution in [0.2, 0.25) is 5.02 Å². The summed E-state index contributed by atoms with van der Waals surface area (Å²) in [6.45, 7) is -0.0737. The maximum Gasteiger partial charge on any atom is 0.262 e.